The standard InChI is InChI=1S/C30H21F6N3O4/c1-15-21(30(34,35)36)10-18(29(31,32)33)11-23(15)39-28(40)17-8-16-9-19(4-5-22(16)38-14-17)43-25-6-7-37-24-13-27(42-3)26(41-2)12-20(24)25/h4-14H,1-3H3,(H,39,40). The van der Waals surface area contributed by atoms with Crippen LogP contribution in [0.5, 0.6) is 23.0 Å². The molecule has 0 saturated heterocycles. The van der Waals surface area contributed by atoms with Crippen LogP contribution in [0.3, 0.4) is 0 Å². The van der Waals surface area contributed by atoms with E-state index in [9.17, 15) is 31.1 Å². The number of ether oxygens (including phenoxy) is 3. The van der Waals surface area contributed by atoms with Gasteiger partial charge in [0, 0.05) is 34.9 Å². The van der Waals surface area contributed by atoms with Crippen LogP contribution < -0.4 is 19.5 Å². The minimum atomic E-state index is -5.07. The van der Waals surface area contributed by atoms with Crippen LogP contribution in [0, 0.1) is 6.92 Å². The van der Waals surface area contributed by atoms with Crippen molar-refractivity contribution >= 4 is 33.4 Å². The Morgan fingerprint density at radius 1 is 0.791 bits per heavy atom. The number of pyridine rings is 2. The van der Waals surface area contributed by atoms with Gasteiger partial charge in [-0.05, 0) is 61.0 Å². The second kappa shape index (κ2) is 11.0. The lowest BCUT2D eigenvalue weighted by Gasteiger charge is -2.18. The third-order valence-electron chi connectivity index (χ3n) is 6.64. The first kappa shape index (κ1) is 29.4. The maximum Gasteiger partial charge on any atom is 0.416 e. The first-order chi connectivity index (χ1) is 20.3. The fraction of sp³-hybridized carbons (Fsp3) is 0.167. The first-order valence-corrected chi connectivity index (χ1v) is 12.5. The topological polar surface area (TPSA) is 82.6 Å². The molecule has 0 bridgehead atoms. The summed E-state index contributed by atoms with van der Waals surface area (Å²) in [5.41, 5.74) is -3.28. The molecule has 43 heavy (non-hydrogen) atoms. The van der Waals surface area contributed by atoms with Crippen molar-refractivity contribution in [2.45, 2.75) is 19.3 Å². The molecule has 7 nitrogen and oxygen atoms in total. The number of carbonyl (C=O) groups is 1. The zero-order chi connectivity index (χ0) is 31.1. The summed E-state index contributed by atoms with van der Waals surface area (Å²) in [7, 11) is 3.00. The smallest absolute Gasteiger partial charge is 0.416 e. The van der Waals surface area contributed by atoms with Gasteiger partial charge < -0.3 is 19.5 Å². The van der Waals surface area contributed by atoms with E-state index in [1.54, 1.807) is 42.6 Å². The molecular weight excluding hydrogens is 580 g/mol. The van der Waals surface area contributed by atoms with E-state index in [1.165, 1.54) is 26.5 Å². The lowest BCUT2D eigenvalue weighted by atomic mass is 10.0. The quantitative estimate of drug-likeness (QED) is 0.198. The fourth-order valence-electron chi connectivity index (χ4n) is 4.46. The molecule has 0 spiro atoms. The number of nitrogens with one attached hydrogen (secondary N) is 1. The maximum atomic E-state index is 13.5. The molecule has 0 aliphatic rings. The first-order valence-electron chi connectivity index (χ1n) is 12.5. The number of nitrogens with zero attached hydrogens (tertiary/aromatic N) is 2. The number of rotatable bonds is 6. The number of aromatic nitrogens is 2. The van der Waals surface area contributed by atoms with E-state index >= 15 is 0 Å². The van der Waals surface area contributed by atoms with Gasteiger partial charge in [0.05, 0.1) is 41.9 Å². The van der Waals surface area contributed by atoms with E-state index in [-0.39, 0.29) is 11.6 Å². The van der Waals surface area contributed by atoms with E-state index in [4.69, 9.17) is 14.2 Å². The number of carbonyl (C=O) groups excluding carboxylic acids is 1. The molecule has 0 atom stereocenters. The van der Waals surface area contributed by atoms with Crippen LogP contribution in [0.25, 0.3) is 21.8 Å². The minimum absolute atomic E-state index is 0.0165. The molecule has 3 aromatic carbocycles. The number of halogens is 6. The highest BCUT2D eigenvalue weighted by Gasteiger charge is 2.39. The molecule has 5 rings (SSSR count). The van der Waals surface area contributed by atoms with Crippen molar-refractivity contribution in [1.82, 2.24) is 9.97 Å². The molecule has 0 fully saturated rings. The monoisotopic (exact) mass is 601 g/mol. The van der Waals surface area contributed by atoms with Gasteiger partial charge in [-0.2, -0.15) is 26.3 Å². The van der Waals surface area contributed by atoms with Gasteiger partial charge in [0.25, 0.3) is 5.91 Å². The highest BCUT2D eigenvalue weighted by Crippen LogP contribution is 2.41. The molecule has 1 amide bonds. The van der Waals surface area contributed by atoms with E-state index < -0.39 is 40.6 Å². The lowest BCUT2D eigenvalue weighted by Crippen LogP contribution is -2.18. The van der Waals surface area contributed by atoms with Crippen molar-refractivity contribution in [2.75, 3.05) is 19.5 Å². The highest BCUT2D eigenvalue weighted by molar-refractivity contribution is 6.06. The van der Waals surface area contributed by atoms with Crippen LogP contribution >= 0.6 is 0 Å². The van der Waals surface area contributed by atoms with Gasteiger partial charge in [-0.3, -0.25) is 14.8 Å². The number of hydrogen-bond donors (Lipinski definition) is 1. The summed E-state index contributed by atoms with van der Waals surface area (Å²) in [5.74, 6) is 0.796. The highest BCUT2D eigenvalue weighted by atomic mass is 19.4. The number of alkyl halides is 6. The maximum absolute atomic E-state index is 13.5. The zero-order valence-electron chi connectivity index (χ0n) is 22.6. The summed E-state index contributed by atoms with van der Waals surface area (Å²) in [6.07, 6.45) is -7.41. The number of amides is 1. The second-order valence-corrected chi connectivity index (χ2v) is 9.36. The number of fused-ring (bicyclic) bond motifs is 2. The van der Waals surface area contributed by atoms with Crippen LogP contribution in [-0.2, 0) is 12.4 Å². The Hall–Kier alpha value is -5.07. The molecule has 13 heteroatoms. The third-order valence-corrected chi connectivity index (χ3v) is 6.64. The van der Waals surface area contributed by atoms with Crippen LogP contribution in [0.1, 0.15) is 27.0 Å². The summed E-state index contributed by atoms with van der Waals surface area (Å²) < 4.78 is 97.2. The SMILES string of the molecule is COc1cc2nccc(Oc3ccc4ncc(C(=O)Nc5cc(C(F)(F)F)cc(C(F)(F)F)c5C)cc4c3)c2cc1OC. The summed E-state index contributed by atoms with van der Waals surface area (Å²) in [4.78, 5) is 21.5. The minimum Gasteiger partial charge on any atom is -0.493 e. The van der Waals surface area contributed by atoms with E-state index in [2.05, 4.69) is 15.3 Å². The molecule has 2 heterocycles. The Morgan fingerprint density at radius 2 is 1.51 bits per heavy atom. The van der Waals surface area contributed by atoms with Crippen molar-refractivity contribution in [3.63, 3.8) is 0 Å². The van der Waals surface area contributed by atoms with E-state index in [0.29, 0.717) is 50.9 Å². The predicted octanol–water partition coefficient (Wildman–Crippen LogP) is 8.19. The molecule has 0 unspecified atom stereocenters. The van der Waals surface area contributed by atoms with Crippen LogP contribution in [0.2, 0.25) is 0 Å². The van der Waals surface area contributed by atoms with Crippen LogP contribution in [0.4, 0.5) is 32.0 Å². The van der Waals surface area contributed by atoms with Crippen LogP contribution in [-0.4, -0.2) is 30.1 Å². The molecule has 5 aromatic rings. The fourth-order valence-corrected chi connectivity index (χ4v) is 4.46. The predicted molar refractivity (Wildman–Crippen MR) is 146 cm³/mol. The number of anilines is 1. The van der Waals surface area contributed by atoms with Gasteiger partial charge in [-0.15, -0.1) is 0 Å². The lowest BCUT2D eigenvalue weighted by molar-refractivity contribution is -0.143. The molecule has 2 aromatic heterocycles. The van der Waals surface area contributed by atoms with Crippen molar-refractivity contribution in [1.29, 1.82) is 0 Å². The Labute approximate surface area is 240 Å². The van der Waals surface area contributed by atoms with Gasteiger partial charge in [0.1, 0.15) is 11.5 Å². The molecular formula is C30H21F6N3O4. The van der Waals surface area contributed by atoms with Crippen molar-refractivity contribution in [2.24, 2.45) is 0 Å². The normalized spacial score (nSPS) is 11.9. The third kappa shape index (κ3) is 5.96. The Bertz CT molecular complexity index is 1870. The molecule has 1 N–H and O–H groups in total. The molecule has 0 aliphatic carbocycles. The number of methoxy groups -OCH3 is 2. The van der Waals surface area contributed by atoms with Gasteiger partial charge >= 0.3 is 12.4 Å². The van der Waals surface area contributed by atoms with Crippen LogP contribution in [0.15, 0.2) is 67.0 Å². The van der Waals surface area contributed by atoms with Gasteiger partial charge in [0.2, 0.25) is 0 Å². The summed E-state index contributed by atoms with van der Waals surface area (Å²) in [5, 5.41) is 3.23. The van der Waals surface area contributed by atoms with Gasteiger partial charge in [0.15, 0.2) is 11.5 Å². The average molecular weight is 602 g/mol. The molecule has 0 aliphatic heterocycles. The molecule has 0 radical (unpaired) electrons. The molecule has 222 valence electrons. The Kier molecular flexibility index (Phi) is 7.51. The zero-order valence-corrected chi connectivity index (χ0v) is 22.6. The molecule has 0 saturated carbocycles. The summed E-state index contributed by atoms with van der Waals surface area (Å²) >= 11 is 0. The number of benzene rings is 3. The average Bonchev–Trinajstić information content (AvgIpc) is 2.96. The second-order valence-electron chi connectivity index (χ2n) is 9.36. The summed E-state index contributed by atoms with van der Waals surface area (Å²) in [6, 6.07) is 11.8. The summed E-state index contributed by atoms with van der Waals surface area (Å²) in [6.45, 7) is 0.981. The Balaban J connectivity index is 1.47. The van der Waals surface area contributed by atoms with E-state index in [0.717, 1.165) is 6.92 Å². The largest absolute Gasteiger partial charge is 0.493 e. The van der Waals surface area contributed by atoms with E-state index in [1.807, 2.05) is 0 Å². The Morgan fingerprint density at radius 3 is 2.19 bits per heavy atom. The number of hydrogen-bond acceptors (Lipinski definition) is 6. The van der Waals surface area contributed by atoms with Crippen molar-refractivity contribution < 1.29 is 45.3 Å². The van der Waals surface area contributed by atoms with Crippen molar-refractivity contribution in [3.05, 3.63) is 89.2 Å². The van der Waals surface area contributed by atoms with Gasteiger partial charge in [-0.1, -0.05) is 0 Å². The van der Waals surface area contributed by atoms with Crippen molar-refractivity contribution in [3.8, 4) is 23.0 Å². The van der Waals surface area contributed by atoms with Gasteiger partial charge in [-0.25, -0.2) is 0 Å².